The average molecular weight is 272 g/mol. The van der Waals surface area contributed by atoms with Gasteiger partial charge in [-0.05, 0) is 32.0 Å². The Hall–Kier alpha value is -2.14. The van der Waals surface area contributed by atoms with Crippen molar-refractivity contribution < 1.29 is 4.79 Å². The van der Waals surface area contributed by atoms with Crippen molar-refractivity contribution in [2.24, 2.45) is 0 Å². The van der Waals surface area contributed by atoms with Gasteiger partial charge in [-0.3, -0.25) is 9.89 Å². The van der Waals surface area contributed by atoms with Crippen LogP contribution in [-0.4, -0.2) is 22.6 Å². The number of amides is 1. The van der Waals surface area contributed by atoms with E-state index in [0.29, 0.717) is 5.56 Å². The van der Waals surface area contributed by atoms with Crippen LogP contribution in [0.25, 0.3) is 0 Å². The third-order valence-electron chi connectivity index (χ3n) is 3.26. The lowest BCUT2D eigenvalue weighted by Crippen LogP contribution is -2.20. The second-order valence-electron chi connectivity index (χ2n) is 4.73. The van der Waals surface area contributed by atoms with Crippen molar-refractivity contribution in [3.8, 4) is 0 Å². The van der Waals surface area contributed by atoms with Gasteiger partial charge in [-0.25, -0.2) is 0 Å². The summed E-state index contributed by atoms with van der Waals surface area (Å²) in [5, 5.41) is 12.9. The summed E-state index contributed by atoms with van der Waals surface area (Å²) in [6, 6.07) is 8.01. The van der Waals surface area contributed by atoms with E-state index in [9.17, 15) is 4.79 Å². The molecule has 0 bridgehead atoms. The molecule has 5 heteroatoms. The number of benzene rings is 1. The van der Waals surface area contributed by atoms with E-state index in [1.54, 1.807) is 6.20 Å². The van der Waals surface area contributed by atoms with Gasteiger partial charge < -0.3 is 10.6 Å². The number of hydrogen-bond donors (Lipinski definition) is 3. The van der Waals surface area contributed by atoms with Crippen molar-refractivity contribution in [1.82, 2.24) is 15.5 Å². The molecule has 0 fully saturated rings. The van der Waals surface area contributed by atoms with Crippen molar-refractivity contribution in [3.63, 3.8) is 0 Å². The number of aromatic amines is 1. The van der Waals surface area contributed by atoms with E-state index < -0.39 is 0 Å². The first-order valence-electron chi connectivity index (χ1n) is 6.77. The van der Waals surface area contributed by atoms with Crippen LogP contribution < -0.4 is 10.6 Å². The van der Waals surface area contributed by atoms with Crippen LogP contribution in [0.3, 0.4) is 0 Å². The van der Waals surface area contributed by atoms with Crippen molar-refractivity contribution in [3.05, 3.63) is 47.3 Å². The Balaban J connectivity index is 2.21. The van der Waals surface area contributed by atoms with Crippen LogP contribution in [0.5, 0.6) is 0 Å². The molecule has 1 aromatic carbocycles. The number of para-hydroxylation sites is 1. The van der Waals surface area contributed by atoms with Crippen molar-refractivity contribution in [2.75, 3.05) is 11.9 Å². The smallest absolute Gasteiger partial charge is 0.259 e. The quantitative estimate of drug-likeness (QED) is 0.783. The molecule has 0 radical (unpaired) electrons. The number of nitrogens with zero attached hydrogens (tertiary/aromatic N) is 1. The summed E-state index contributed by atoms with van der Waals surface area (Å²) in [7, 11) is 0. The molecule has 20 heavy (non-hydrogen) atoms. The first-order valence-corrected chi connectivity index (χ1v) is 6.77. The number of nitrogens with one attached hydrogen (secondary N) is 3. The molecule has 1 amide bonds. The van der Waals surface area contributed by atoms with Crippen LogP contribution in [0.1, 0.15) is 41.5 Å². The van der Waals surface area contributed by atoms with Gasteiger partial charge in [-0.15, -0.1) is 0 Å². The SMILES string of the molecule is CCNC(C)c1ccccc1NC(=O)c1cn[nH]c1C. The zero-order valence-electron chi connectivity index (χ0n) is 12.0. The maximum atomic E-state index is 12.2. The average Bonchev–Trinajstić information content (AvgIpc) is 2.86. The third-order valence-corrected chi connectivity index (χ3v) is 3.26. The molecule has 2 rings (SSSR count). The Kier molecular flexibility index (Phi) is 4.53. The Morgan fingerprint density at radius 2 is 2.15 bits per heavy atom. The van der Waals surface area contributed by atoms with Crippen molar-refractivity contribution >= 4 is 11.6 Å². The second kappa shape index (κ2) is 6.34. The molecule has 1 unspecified atom stereocenters. The lowest BCUT2D eigenvalue weighted by Gasteiger charge is -2.17. The van der Waals surface area contributed by atoms with E-state index in [2.05, 4.69) is 34.7 Å². The Morgan fingerprint density at radius 1 is 1.40 bits per heavy atom. The van der Waals surface area contributed by atoms with Crippen LogP contribution in [-0.2, 0) is 0 Å². The Labute approximate surface area is 118 Å². The lowest BCUT2D eigenvalue weighted by molar-refractivity contribution is 0.102. The number of H-pyrrole nitrogens is 1. The molecule has 3 N–H and O–H groups in total. The maximum Gasteiger partial charge on any atom is 0.259 e. The van der Waals surface area contributed by atoms with Gasteiger partial charge in [-0.2, -0.15) is 5.10 Å². The highest BCUT2D eigenvalue weighted by Crippen LogP contribution is 2.23. The minimum absolute atomic E-state index is 0.146. The maximum absolute atomic E-state index is 12.2. The molecule has 2 aromatic rings. The number of carbonyl (C=O) groups excluding carboxylic acids is 1. The summed E-state index contributed by atoms with van der Waals surface area (Å²) in [6.07, 6.45) is 1.54. The largest absolute Gasteiger partial charge is 0.322 e. The standard InChI is InChI=1S/C15H20N4O/c1-4-16-10(2)12-7-5-6-8-14(12)18-15(20)13-9-17-19-11(13)3/h5-10,16H,4H2,1-3H3,(H,17,19)(H,18,20). The van der Waals surface area contributed by atoms with E-state index in [0.717, 1.165) is 23.5 Å². The second-order valence-corrected chi connectivity index (χ2v) is 4.73. The predicted octanol–water partition coefficient (Wildman–Crippen LogP) is 2.64. The summed E-state index contributed by atoms with van der Waals surface area (Å²) in [4.78, 5) is 12.2. The fourth-order valence-electron chi connectivity index (χ4n) is 2.17. The minimum atomic E-state index is -0.146. The Morgan fingerprint density at radius 3 is 2.80 bits per heavy atom. The van der Waals surface area contributed by atoms with Gasteiger partial charge in [0.25, 0.3) is 5.91 Å². The fourth-order valence-corrected chi connectivity index (χ4v) is 2.17. The highest BCUT2D eigenvalue weighted by molar-refractivity contribution is 6.05. The first kappa shape index (κ1) is 14.3. The molecule has 0 saturated heterocycles. The molecule has 0 saturated carbocycles. The van der Waals surface area contributed by atoms with E-state index in [-0.39, 0.29) is 11.9 Å². The van der Waals surface area contributed by atoms with Crippen LogP contribution >= 0.6 is 0 Å². The summed E-state index contributed by atoms with van der Waals surface area (Å²) in [5.74, 6) is -0.146. The normalized spacial score (nSPS) is 12.2. The molecule has 5 nitrogen and oxygen atoms in total. The summed E-state index contributed by atoms with van der Waals surface area (Å²) >= 11 is 0. The molecular weight excluding hydrogens is 252 g/mol. The topological polar surface area (TPSA) is 69.8 Å². The molecule has 0 spiro atoms. The van der Waals surface area contributed by atoms with Gasteiger partial charge in [0, 0.05) is 17.4 Å². The fraction of sp³-hybridized carbons (Fsp3) is 0.333. The lowest BCUT2D eigenvalue weighted by atomic mass is 10.1. The van der Waals surface area contributed by atoms with Crippen LogP contribution in [0.15, 0.2) is 30.5 Å². The molecule has 1 heterocycles. The summed E-state index contributed by atoms with van der Waals surface area (Å²) in [6.45, 7) is 6.85. The predicted molar refractivity (Wildman–Crippen MR) is 79.8 cm³/mol. The minimum Gasteiger partial charge on any atom is -0.322 e. The number of aryl methyl sites for hydroxylation is 1. The Bertz CT molecular complexity index is 591. The van der Waals surface area contributed by atoms with Gasteiger partial charge in [0.2, 0.25) is 0 Å². The molecular formula is C15H20N4O. The van der Waals surface area contributed by atoms with E-state index in [1.807, 2.05) is 31.2 Å². The van der Waals surface area contributed by atoms with Crippen molar-refractivity contribution in [2.45, 2.75) is 26.8 Å². The van der Waals surface area contributed by atoms with Gasteiger partial charge in [0.05, 0.1) is 11.8 Å². The highest BCUT2D eigenvalue weighted by Gasteiger charge is 2.14. The van der Waals surface area contributed by atoms with Crippen molar-refractivity contribution in [1.29, 1.82) is 0 Å². The summed E-state index contributed by atoms with van der Waals surface area (Å²) < 4.78 is 0. The molecule has 0 aliphatic carbocycles. The third kappa shape index (κ3) is 3.05. The molecule has 0 aliphatic heterocycles. The summed E-state index contributed by atoms with van der Waals surface area (Å²) in [5.41, 5.74) is 3.23. The van der Waals surface area contributed by atoms with E-state index in [4.69, 9.17) is 0 Å². The number of anilines is 1. The highest BCUT2D eigenvalue weighted by atomic mass is 16.1. The van der Waals surface area contributed by atoms with Gasteiger partial charge in [0.15, 0.2) is 0 Å². The van der Waals surface area contributed by atoms with E-state index >= 15 is 0 Å². The van der Waals surface area contributed by atoms with Gasteiger partial charge in [-0.1, -0.05) is 25.1 Å². The number of hydrogen-bond acceptors (Lipinski definition) is 3. The first-order chi connectivity index (χ1) is 9.63. The zero-order valence-corrected chi connectivity index (χ0v) is 12.0. The monoisotopic (exact) mass is 272 g/mol. The van der Waals surface area contributed by atoms with Gasteiger partial charge >= 0.3 is 0 Å². The number of carbonyl (C=O) groups is 1. The van der Waals surface area contributed by atoms with E-state index in [1.165, 1.54) is 0 Å². The molecule has 106 valence electrons. The van der Waals surface area contributed by atoms with Crippen LogP contribution in [0, 0.1) is 6.92 Å². The molecule has 0 aliphatic rings. The molecule has 1 atom stereocenters. The number of aromatic nitrogens is 2. The molecule has 1 aromatic heterocycles. The van der Waals surface area contributed by atoms with Crippen LogP contribution in [0.2, 0.25) is 0 Å². The number of rotatable bonds is 5. The van der Waals surface area contributed by atoms with Crippen LogP contribution in [0.4, 0.5) is 5.69 Å². The zero-order chi connectivity index (χ0) is 14.5. The van der Waals surface area contributed by atoms with Gasteiger partial charge in [0.1, 0.15) is 0 Å².